The maximum absolute atomic E-state index is 13.6. The molecule has 29 heavy (non-hydrogen) atoms. The average Bonchev–Trinajstić information content (AvgIpc) is 2.63. The number of amides is 1. The molecule has 1 aliphatic rings. The highest BCUT2D eigenvalue weighted by Crippen LogP contribution is 2.39. The predicted octanol–water partition coefficient (Wildman–Crippen LogP) is 4.22. The largest absolute Gasteiger partial charge is 0.465 e. The van der Waals surface area contributed by atoms with Gasteiger partial charge in [0.15, 0.2) is 0 Å². The van der Waals surface area contributed by atoms with E-state index in [9.17, 15) is 35.9 Å². The molecule has 1 aliphatic heterocycles. The highest BCUT2D eigenvalue weighted by Gasteiger charge is 2.47. The first-order chi connectivity index (χ1) is 13.3. The summed E-state index contributed by atoms with van der Waals surface area (Å²) in [7, 11) is 0.988. The molecule has 6 nitrogen and oxygen atoms in total. The van der Waals surface area contributed by atoms with E-state index < -0.39 is 47.6 Å². The first-order valence-electron chi connectivity index (χ1n) is 8.45. The minimum Gasteiger partial charge on any atom is -0.465 e. The standard InChI is InChI=1S/C17H18F6N2O4/c1-29-14(26)10-2-3-11(16(18,19)20)12(8-10)24-13(17(21,22)23)9-4-6-25(7-5-9)15(27)28/h2-3,8-9,13,24H,4-7H2,1H3,(H,27,28). The van der Waals surface area contributed by atoms with Crippen LogP contribution in [-0.4, -0.2) is 54.5 Å². The molecule has 1 aromatic carbocycles. The number of piperidine rings is 1. The molecule has 0 bridgehead atoms. The van der Waals surface area contributed by atoms with Gasteiger partial charge in [-0.05, 0) is 37.0 Å². The molecule has 0 spiro atoms. The minimum absolute atomic E-state index is 0.164. The van der Waals surface area contributed by atoms with Gasteiger partial charge >= 0.3 is 24.4 Å². The molecule has 1 fully saturated rings. The molecular formula is C17H18F6N2O4. The molecule has 2 N–H and O–H groups in total. The number of benzene rings is 1. The van der Waals surface area contributed by atoms with E-state index in [1.165, 1.54) is 0 Å². The molecule has 12 heteroatoms. The maximum Gasteiger partial charge on any atom is 0.418 e. The summed E-state index contributed by atoms with van der Waals surface area (Å²) in [5.41, 5.74) is -2.60. The Labute approximate surface area is 161 Å². The predicted molar refractivity (Wildman–Crippen MR) is 88.6 cm³/mol. The number of ether oxygens (including phenoxy) is 1. The maximum atomic E-state index is 13.6. The number of hydrogen-bond acceptors (Lipinski definition) is 4. The second-order valence-corrected chi connectivity index (χ2v) is 6.52. The van der Waals surface area contributed by atoms with E-state index in [4.69, 9.17) is 5.11 Å². The zero-order valence-electron chi connectivity index (χ0n) is 15.1. The van der Waals surface area contributed by atoms with Crippen molar-refractivity contribution < 1.29 is 45.8 Å². The van der Waals surface area contributed by atoms with Gasteiger partial charge in [-0.1, -0.05) is 0 Å². The van der Waals surface area contributed by atoms with E-state index >= 15 is 0 Å². The van der Waals surface area contributed by atoms with Crippen LogP contribution in [0.5, 0.6) is 0 Å². The Balaban J connectivity index is 2.37. The normalized spacial score (nSPS) is 17.0. The van der Waals surface area contributed by atoms with Crippen molar-refractivity contribution in [2.75, 3.05) is 25.5 Å². The quantitative estimate of drug-likeness (QED) is 0.555. The minimum atomic E-state index is -4.96. The lowest BCUT2D eigenvalue weighted by molar-refractivity contribution is -0.157. The fourth-order valence-corrected chi connectivity index (χ4v) is 3.21. The van der Waals surface area contributed by atoms with Crippen LogP contribution in [-0.2, 0) is 10.9 Å². The first-order valence-corrected chi connectivity index (χ1v) is 8.45. The lowest BCUT2D eigenvalue weighted by Gasteiger charge is -2.36. The Morgan fingerprint density at radius 2 is 1.76 bits per heavy atom. The van der Waals surface area contributed by atoms with Crippen molar-refractivity contribution in [3.8, 4) is 0 Å². The molecule has 0 radical (unpaired) electrons. The zero-order chi connectivity index (χ0) is 22.0. The molecule has 1 saturated heterocycles. The number of rotatable bonds is 4. The number of nitrogens with zero attached hydrogens (tertiary/aromatic N) is 1. The molecule has 0 saturated carbocycles. The topological polar surface area (TPSA) is 78.9 Å². The first kappa shape index (κ1) is 22.6. The summed E-state index contributed by atoms with van der Waals surface area (Å²) in [6.45, 7) is -0.328. The summed E-state index contributed by atoms with van der Waals surface area (Å²) in [5, 5.41) is 10.8. The molecule has 2 rings (SSSR count). The van der Waals surface area contributed by atoms with Gasteiger partial charge in [0.1, 0.15) is 6.04 Å². The number of halogens is 6. The summed E-state index contributed by atoms with van der Waals surface area (Å²) in [6, 6.07) is -0.366. The Kier molecular flexibility index (Phi) is 6.53. The number of carbonyl (C=O) groups is 2. The van der Waals surface area contributed by atoms with Gasteiger partial charge in [0.2, 0.25) is 0 Å². The van der Waals surface area contributed by atoms with Crippen molar-refractivity contribution in [2.45, 2.75) is 31.2 Å². The third-order valence-corrected chi connectivity index (χ3v) is 4.69. The van der Waals surface area contributed by atoms with Gasteiger partial charge in [-0.15, -0.1) is 0 Å². The van der Waals surface area contributed by atoms with E-state index in [1.807, 2.05) is 5.32 Å². The highest BCUT2D eigenvalue weighted by atomic mass is 19.4. The van der Waals surface area contributed by atoms with Gasteiger partial charge in [-0.3, -0.25) is 0 Å². The number of likely N-dealkylation sites (tertiary alicyclic amines) is 1. The second kappa shape index (κ2) is 8.37. The zero-order valence-corrected chi connectivity index (χ0v) is 15.1. The Hall–Kier alpha value is -2.66. The van der Waals surface area contributed by atoms with E-state index in [0.717, 1.165) is 18.1 Å². The number of hydrogen-bond donors (Lipinski definition) is 2. The fourth-order valence-electron chi connectivity index (χ4n) is 3.21. The molecule has 162 valence electrons. The van der Waals surface area contributed by atoms with Crippen molar-refractivity contribution in [2.24, 2.45) is 5.92 Å². The van der Waals surface area contributed by atoms with Crippen LogP contribution in [0.2, 0.25) is 0 Å². The van der Waals surface area contributed by atoms with Crippen LogP contribution in [0.15, 0.2) is 18.2 Å². The van der Waals surface area contributed by atoms with Gasteiger partial charge in [-0.25, -0.2) is 9.59 Å². The summed E-state index contributed by atoms with van der Waals surface area (Å²) in [4.78, 5) is 23.5. The second-order valence-electron chi connectivity index (χ2n) is 6.52. The van der Waals surface area contributed by atoms with Gasteiger partial charge in [-0.2, -0.15) is 26.3 Å². The summed E-state index contributed by atoms with van der Waals surface area (Å²) >= 11 is 0. The number of methoxy groups -OCH3 is 1. The average molecular weight is 428 g/mol. The summed E-state index contributed by atoms with van der Waals surface area (Å²) < 4.78 is 85.2. The smallest absolute Gasteiger partial charge is 0.418 e. The van der Waals surface area contributed by atoms with E-state index in [-0.39, 0.29) is 31.5 Å². The van der Waals surface area contributed by atoms with Crippen molar-refractivity contribution >= 4 is 17.7 Å². The van der Waals surface area contributed by atoms with Gasteiger partial charge in [0, 0.05) is 18.8 Å². The molecule has 1 unspecified atom stereocenters. The van der Waals surface area contributed by atoms with Crippen molar-refractivity contribution in [3.63, 3.8) is 0 Å². The number of nitrogens with one attached hydrogen (secondary N) is 1. The van der Waals surface area contributed by atoms with E-state index in [2.05, 4.69) is 4.74 Å². The van der Waals surface area contributed by atoms with Crippen LogP contribution < -0.4 is 5.32 Å². The summed E-state index contributed by atoms with van der Waals surface area (Å²) in [6.07, 6.45) is -11.5. The molecule has 0 aliphatic carbocycles. The van der Waals surface area contributed by atoms with E-state index in [0.29, 0.717) is 12.1 Å². The number of anilines is 1. The van der Waals surface area contributed by atoms with Crippen LogP contribution in [0.4, 0.5) is 36.8 Å². The van der Waals surface area contributed by atoms with Gasteiger partial charge in [0.25, 0.3) is 0 Å². The van der Waals surface area contributed by atoms with Crippen LogP contribution in [0, 0.1) is 5.92 Å². The van der Waals surface area contributed by atoms with Crippen molar-refractivity contribution in [3.05, 3.63) is 29.3 Å². The third-order valence-electron chi connectivity index (χ3n) is 4.69. The van der Waals surface area contributed by atoms with Crippen LogP contribution in [0.25, 0.3) is 0 Å². The number of esters is 1. The Morgan fingerprint density at radius 1 is 1.17 bits per heavy atom. The summed E-state index contributed by atoms with van der Waals surface area (Å²) in [5.74, 6) is -2.14. The molecular weight excluding hydrogens is 410 g/mol. The Morgan fingerprint density at radius 3 is 2.21 bits per heavy atom. The van der Waals surface area contributed by atoms with E-state index in [1.54, 1.807) is 0 Å². The van der Waals surface area contributed by atoms with Crippen LogP contribution in [0.1, 0.15) is 28.8 Å². The molecule has 1 atom stereocenters. The highest BCUT2D eigenvalue weighted by molar-refractivity contribution is 5.90. The molecule has 1 amide bonds. The number of carbonyl (C=O) groups excluding carboxylic acids is 1. The SMILES string of the molecule is COC(=O)c1ccc(C(F)(F)F)c(NC(C2CCN(C(=O)O)CC2)C(F)(F)F)c1. The van der Waals surface area contributed by atoms with Gasteiger partial charge < -0.3 is 20.1 Å². The Bertz CT molecular complexity index is 757. The van der Waals surface area contributed by atoms with Gasteiger partial charge in [0.05, 0.1) is 18.2 Å². The third kappa shape index (κ3) is 5.45. The lowest BCUT2D eigenvalue weighted by atomic mass is 9.88. The van der Waals surface area contributed by atoms with Crippen LogP contribution >= 0.6 is 0 Å². The fraction of sp³-hybridized carbons (Fsp3) is 0.529. The van der Waals surface area contributed by atoms with Crippen molar-refractivity contribution in [1.82, 2.24) is 4.90 Å². The number of alkyl halides is 6. The lowest BCUT2D eigenvalue weighted by Crippen LogP contribution is -2.48. The number of carboxylic acid groups (broad SMARTS) is 1. The molecule has 0 aromatic heterocycles. The van der Waals surface area contributed by atoms with Crippen LogP contribution in [0.3, 0.4) is 0 Å². The molecule has 1 heterocycles. The molecule has 1 aromatic rings. The monoisotopic (exact) mass is 428 g/mol. The van der Waals surface area contributed by atoms with Crippen molar-refractivity contribution in [1.29, 1.82) is 0 Å².